The van der Waals surface area contributed by atoms with Crippen molar-refractivity contribution in [1.29, 1.82) is 0 Å². The number of guanidine groups is 1. The molecule has 8 atom stereocenters. The van der Waals surface area contributed by atoms with Gasteiger partial charge in [0.1, 0.15) is 36.6 Å². The Hall–Kier alpha value is -3.84. The number of aryl methyl sites for hydroxylation is 1. The smallest absolute Gasteiger partial charge is 0.280 e. The highest BCUT2D eigenvalue weighted by atomic mass is 35.5. The molecule has 1 fully saturated rings. The molecule has 3 rings (SSSR count). The molecule has 0 bridgehead atoms. The van der Waals surface area contributed by atoms with Crippen molar-refractivity contribution in [3.05, 3.63) is 46.2 Å². The topological polar surface area (TPSA) is 380 Å². The average Bonchev–Trinajstić information content (AvgIpc) is 3.25. The number of amides is 2. The molecule has 0 unspecified atom stereocenters. The van der Waals surface area contributed by atoms with Gasteiger partial charge in [0, 0.05) is 39.1 Å². The summed E-state index contributed by atoms with van der Waals surface area (Å²) in [4.78, 5) is 38.3. The van der Waals surface area contributed by atoms with E-state index in [4.69, 9.17) is 39.0 Å². The minimum atomic E-state index is -1.90. The van der Waals surface area contributed by atoms with Crippen LogP contribution in [0, 0.1) is 5.92 Å². The molecule has 1 saturated carbocycles. The molecule has 1 aromatic heterocycles. The van der Waals surface area contributed by atoms with Gasteiger partial charge < -0.3 is 73.6 Å². The van der Waals surface area contributed by atoms with Gasteiger partial charge in [0.2, 0.25) is 5.91 Å². The van der Waals surface area contributed by atoms with E-state index in [1.165, 1.54) is 16.0 Å². The van der Waals surface area contributed by atoms with E-state index < -0.39 is 81.0 Å². The molecule has 0 aliphatic heterocycles. The van der Waals surface area contributed by atoms with Crippen LogP contribution in [0.1, 0.15) is 78.9 Å². The molecule has 61 heavy (non-hydrogen) atoms. The lowest BCUT2D eigenvalue weighted by atomic mass is 9.77. The maximum Gasteiger partial charge on any atom is 0.280 e. The normalized spacial score (nSPS) is 20.0. The summed E-state index contributed by atoms with van der Waals surface area (Å²) in [7, 11) is 0. The first-order valence-electron chi connectivity index (χ1n) is 20.4. The van der Waals surface area contributed by atoms with Gasteiger partial charge in [0.05, 0.1) is 25.4 Å². The van der Waals surface area contributed by atoms with Gasteiger partial charge in [0.25, 0.3) is 5.91 Å². The number of rotatable bonds is 25. The van der Waals surface area contributed by atoms with Crippen LogP contribution >= 0.6 is 11.6 Å². The Balaban J connectivity index is 1.38. The van der Waals surface area contributed by atoms with E-state index in [-0.39, 0.29) is 53.9 Å². The number of aliphatic hydroxyl groups is 10. The SMILES string of the molecule is NC(=NCCCCc1ccc(C2CCC(CCC(=O)NCCN(C[C@H](O)[C@@H](O)[C@H](O)[C@H](O)CO)C[C@H](O)[C@@H](O)[C@H](O)[C@H](O)CO)CC2)cc1)NC(=O)c1nc(Cl)c(N)nc1N. The van der Waals surface area contributed by atoms with Gasteiger partial charge in [-0.15, -0.1) is 0 Å². The first-order chi connectivity index (χ1) is 28.9. The second-order valence-electron chi connectivity index (χ2n) is 15.5. The van der Waals surface area contributed by atoms with E-state index in [1.54, 1.807) is 0 Å². The molecule has 0 spiro atoms. The van der Waals surface area contributed by atoms with Crippen LogP contribution < -0.4 is 27.8 Å². The molecule has 0 saturated heterocycles. The predicted molar refractivity (Wildman–Crippen MR) is 225 cm³/mol. The van der Waals surface area contributed by atoms with Gasteiger partial charge in [-0.3, -0.25) is 24.8 Å². The molecule has 2 amide bonds. The van der Waals surface area contributed by atoms with Crippen LogP contribution in [0.3, 0.4) is 0 Å². The van der Waals surface area contributed by atoms with Crippen molar-refractivity contribution in [3.8, 4) is 0 Å². The van der Waals surface area contributed by atoms with Gasteiger partial charge in [-0.05, 0) is 74.3 Å². The van der Waals surface area contributed by atoms with Crippen LogP contribution in [0.15, 0.2) is 29.3 Å². The molecule has 1 aliphatic carbocycles. The third kappa shape index (κ3) is 16.8. The Labute approximate surface area is 359 Å². The molecule has 1 heterocycles. The number of aromatic nitrogens is 2. The summed E-state index contributed by atoms with van der Waals surface area (Å²) in [5.41, 5.74) is 19.3. The largest absolute Gasteiger partial charge is 0.394 e. The Morgan fingerprint density at radius 2 is 1.36 bits per heavy atom. The van der Waals surface area contributed by atoms with Crippen molar-refractivity contribution in [2.24, 2.45) is 16.6 Å². The fourth-order valence-electron chi connectivity index (χ4n) is 7.11. The van der Waals surface area contributed by atoms with E-state index in [1.807, 2.05) is 0 Å². The van der Waals surface area contributed by atoms with Crippen molar-refractivity contribution in [2.75, 3.05) is 57.4 Å². The average molecular weight is 886 g/mol. The van der Waals surface area contributed by atoms with Gasteiger partial charge >= 0.3 is 0 Å². The molecular weight excluding hydrogens is 822 g/mol. The summed E-state index contributed by atoms with van der Waals surface area (Å²) in [6.45, 7) is -2.17. The van der Waals surface area contributed by atoms with E-state index in [9.17, 15) is 50.4 Å². The zero-order valence-corrected chi connectivity index (χ0v) is 34.8. The quantitative estimate of drug-likeness (QED) is 0.0264. The fraction of sp³-hybridized carbons (Fsp3) is 0.667. The molecule has 2 aromatic rings. The number of nitrogens with one attached hydrogen (secondary N) is 2. The molecule has 344 valence electrons. The number of anilines is 2. The molecule has 0 radical (unpaired) electrons. The number of nitrogen functional groups attached to an aromatic ring is 2. The molecule has 21 nitrogen and oxygen atoms in total. The first kappa shape index (κ1) is 51.5. The number of aliphatic imine (C=N–C) groups is 1. The summed E-state index contributed by atoms with van der Waals surface area (Å²) < 4.78 is 0. The molecule has 1 aliphatic rings. The van der Waals surface area contributed by atoms with Crippen LogP contribution in [-0.4, -0.2) is 178 Å². The van der Waals surface area contributed by atoms with Crippen LogP contribution in [0.2, 0.25) is 5.15 Å². The minimum Gasteiger partial charge on any atom is -0.394 e. The summed E-state index contributed by atoms with van der Waals surface area (Å²) in [6.07, 6.45) is -7.13. The lowest BCUT2D eigenvalue weighted by molar-refractivity contribution is -0.130. The van der Waals surface area contributed by atoms with Gasteiger partial charge in [0.15, 0.2) is 28.4 Å². The van der Waals surface area contributed by atoms with Crippen molar-refractivity contribution in [3.63, 3.8) is 0 Å². The van der Waals surface area contributed by atoms with E-state index in [0.29, 0.717) is 24.8 Å². The number of benzene rings is 1. The number of unbranched alkanes of at least 4 members (excludes halogenated alkanes) is 1. The number of carbonyl (C=O) groups is 2. The number of hydrogen-bond donors (Lipinski definition) is 15. The molecule has 1 aromatic carbocycles. The second-order valence-corrected chi connectivity index (χ2v) is 15.9. The standard InChI is InChI=1S/C39H64ClN9O12/c40-35-37(42)47-36(41)30(46-35)38(61)48-39(43)45-14-2-1-3-21-4-9-23(10-5-21)24-11-6-22(7-12-24)8-13-29(56)44-15-16-49(17-25(52)31(57)33(59)27(54)19-50)18-26(53)32(58)34(60)28(55)20-51/h4-5,9-10,22,24-28,31-34,50-55,57-60H,1-3,6-8,11-20H2,(H,44,56)(H4,41,42,47)(H3,43,45,48,61)/t22?,24?,25-,26-,27+,28+,31+,32+,33+,34+/m0/s1. The lowest BCUT2D eigenvalue weighted by Gasteiger charge is -2.33. The Kier molecular flexibility index (Phi) is 21.9. The summed E-state index contributed by atoms with van der Waals surface area (Å²) in [5, 5.41) is 104. The highest BCUT2D eigenvalue weighted by Gasteiger charge is 2.34. The van der Waals surface area contributed by atoms with Crippen molar-refractivity contribution < 1.29 is 60.7 Å². The third-order valence-corrected chi connectivity index (χ3v) is 11.2. The third-order valence-electron chi connectivity index (χ3n) is 10.9. The highest BCUT2D eigenvalue weighted by Crippen LogP contribution is 2.37. The predicted octanol–water partition coefficient (Wildman–Crippen LogP) is -3.29. The Morgan fingerprint density at radius 1 is 0.803 bits per heavy atom. The maximum absolute atomic E-state index is 12.8. The fourth-order valence-corrected chi connectivity index (χ4v) is 7.24. The Bertz CT molecular complexity index is 1650. The molecule has 18 N–H and O–H groups in total. The number of nitrogens with zero attached hydrogens (tertiary/aromatic N) is 4. The highest BCUT2D eigenvalue weighted by molar-refractivity contribution is 6.31. The van der Waals surface area contributed by atoms with Crippen LogP contribution in [0.5, 0.6) is 0 Å². The molecular formula is C39H64ClN9O12. The van der Waals surface area contributed by atoms with Crippen molar-refractivity contribution >= 4 is 41.0 Å². The number of carbonyl (C=O) groups excluding carboxylic acids is 2. The van der Waals surface area contributed by atoms with Crippen LogP contribution in [0.25, 0.3) is 0 Å². The lowest BCUT2D eigenvalue weighted by Crippen LogP contribution is -2.54. The molecule has 22 heteroatoms. The van der Waals surface area contributed by atoms with Gasteiger partial charge in [-0.1, -0.05) is 35.9 Å². The number of aliphatic hydroxyl groups excluding tert-OH is 10. The van der Waals surface area contributed by atoms with E-state index in [2.05, 4.69) is 49.9 Å². The minimum absolute atomic E-state index is 0.0124. The maximum atomic E-state index is 12.8. The van der Waals surface area contributed by atoms with Gasteiger partial charge in [-0.25, -0.2) is 9.97 Å². The van der Waals surface area contributed by atoms with Crippen molar-refractivity contribution in [2.45, 2.75) is 113 Å². The zero-order chi connectivity index (χ0) is 45.2. The number of hydrogen-bond acceptors (Lipinski definition) is 18. The zero-order valence-electron chi connectivity index (χ0n) is 34.1. The van der Waals surface area contributed by atoms with Crippen LogP contribution in [0.4, 0.5) is 11.6 Å². The monoisotopic (exact) mass is 885 g/mol. The summed E-state index contributed by atoms with van der Waals surface area (Å²) in [6, 6.07) is 8.61. The summed E-state index contributed by atoms with van der Waals surface area (Å²) in [5.74, 6) is -0.464. The number of nitrogens with two attached hydrogens (primary N) is 3. The van der Waals surface area contributed by atoms with Crippen molar-refractivity contribution in [1.82, 2.24) is 25.5 Å². The first-order valence-corrected chi connectivity index (χ1v) is 20.8. The van der Waals surface area contributed by atoms with Gasteiger partial charge in [-0.2, -0.15) is 0 Å². The van der Waals surface area contributed by atoms with E-state index in [0.717, 1.165) is 44.9 Å². The van der Waals surface area contributed by atoms with Crippen LogP contribution in [-0.2, 0) is 11.2 Å². The van der Waals surface area contributed by atoms with E-state index >= 15 is 0 Å². The summed E-state index contributed by atoms with van der Waals surface area (Å²) >= 11 is 5.83. The Morgan fingerprint density at radius 3 is 1.92 bits per heavy atom. The number of halogens is 1. The second kappa shape index (κ2) is 25.9.